The Kier molecular flexibility index (Phi) is 3.87. The molecule has 6 nitrogen and oxygen atoms in total. The quantitative estimate of drug-likeness (QED) is 0.646. The minimum atomic E-state index is -0.427. The first kappa shape index (κ1) is 13.6. The lowest BCUT2D eigenvalue weighted by atomic mass is 9.79. The first-order chi connectivity index (χ1) is 8.97. The summed E-state index contributed by atoms with van der Waals surface area (Å²) in [7, 11) is 0. The van der Waals surface area contributed by atoms with Crippen molar-refractivity contribution < 1.29 is 4.92 Å². The van der Waals surface area contributed by atoms with Gasteiger partial charge in [-0.15, -0.1) is 0 Å². The van der Waals surface area contributed by atoms with E-state index in [1.807, 2.05) is 0 Å². The van der Waals surface area contributed by atoms with Crippen molar-refractivity contribution in [1.29, 1.82) is 0 Å². The van der Waals surface area contributed by atoms with Gasteiger partial charge in [0.15, 0.2) is 0 Å². The van der Waals surface area contributed by atoms with Gasteiger partial charge in [0.25, 0.3) is 0 Å². The Balaban J connectivity index is 2.14. The van der Waals surface area contributed by atoms with Crippen LogP contribution in [0.2, 0.25) is 0 Å². The highest BCUT2D eigenvalue weighted by Gasteiger charge is 2.26. The van der Waals surface area contributed by atoms with Gasteiger partial charge in [-0.25, -0.2) is 4.98 Å². The summed E-state index contributed by atoms with van der Waals surface area (Å²) >= 11 is 0. The van der Waals surface area contributed by atoms with Gasteiger partial charge in [-0.1, -0.05) is 13.8 Å². The Morgan fingerprint density at radius 1 is 1.37 bits per heavy atom. The van der Waals surface area contributed by atoms with Gasteiger partial charge in [-0.3, -0.25) is 10.1 Å². The van der Waals surface area contributed by atoms with E-state index in [-0.39, 0.29) is 17.5 Å². The molecule has 1 fully saturated rings. The van der Waals surface area contributed by atoms with E-state index in [0.29, 0.717) is 17.7 Å². The maximum Gasteiger partial charge on any atom is 0.311 e. The molecule has 104 valence electrons. The van der Waals surface area contributed by atoms with Gasteiger partial charge in [0.05, 0.1) is 4.92 Å². The molecule has 1 aliphatic carbocycles. The van der Waals surface area contributed by atoms with Gasteiger partial charge >= 0.3 is 5.69 Å². The van der Waals surface area contributed by atoms with Gasteiger partial charge in [-0.05, 0) is 37.2 Å². The molecule has 1 aliphatic rings. The van der Waals surface area contributed by atoms with Gasteiger partial charge in [-0.2, -0.15) is 0 Å². The minimum Gasteiger partial charge on any atom is -0.384 e. The molecule has 1 aromatic rings. The third-order valence-corrected chi connectivity index (χ3v) is 4.03. The first-order valence-electron chi connectivity index (χ1n) is 6.65. The molecule has 1 heterocycles. The zero-order valence-corrected chi connectivity index (χ0v) is 11.3. The Bertz CT molecular complexity index is 478. The van der Waals surface area contributed by atoms with Crippen LogP contribution in [0.3, 0.4) is 0 Å². The fourth-order valence-corrected chi connectivity index (χ4v) is 2.59. The van der Waals surface area contributed by atoms with E-state index in [9.17, 15) is 10.1 Å². The molecule has 3 unspecified atom stereocenters. The van der Waals surface area contributed by atoms with Crippen LogP contribution in [0.15, 0.2) is 12.1 Å². The Labute approximate surface area is 112 Å². The molecule has 0 saturated heterocycles. The van der Waals surface area contributed by atoms with Crippen molar-refractivity contribution in [1.82, 2.24) is 4.98 Å². The third kappa shape index (κ3) is 3.13. The number of pyridine rings is 1. The number of nitrogens with two attached hydrogens (primary N) is 1. The van der Waals surface area contributed by atoms with Crippen molar-refractivity contribution in [2.24, 2.45) is 11.8 Å². The number of nitro groups is 1. The lowest BCUT2D eigenvalue weighted by molar-refractivity contribution is -0.384. The van der Waals surface area contributed by atoms with E-state index in [0.717, 1.165) is 19.3 Å². The van der Waals surface area contributed by atoms with Crippen LogP contribution in [-0.2, 0) is 0 Å². The van der Waals surface area contributed by atoms with Crippen LogP contribution in [0.5, 0.6) is 0 Å². The van der Waals surface area contributed by atoms with Crippen molar-refractivity contribution in [2.45, 2.75) is 39.2 Å². The van der Waals surface area contributed by atoms with E-state index in [2.05, 4.69) is 24.1 Å². The van der Waals surface area contributed by atoms with Crippen molar-refractivity contribution in [3.05, 3.63) is 22.2 Å². The number of hydrogen-bond donors (Lipinski definition) is 2. The molecule has 1 aromatic heterocycles. The molecular formula is C13H20N4O2. The number of nitrogens with one attached hydrogen (secondary N) is 1. The van der Waals surface area contributed by atoms with Crippen LogP contribution in [0.25, 0.3) is 0 Å². The topological polar surface area (TPSA) is 94.1 Å². The number of hydrogen-bond acceptors (Lipinski definition) is 5. The lowest BCUT2D eigenvalue weighted by Gasteiger charge is -2.32. The molecular weight excluding hydrogens is 244 g/mol. The monoisotopic (exact) mass is 264 g/mol. The van der Waals surface area contributed by atoms with Crippen molar-refractivity contribution >= 4 is 17.3 Å². The Hall–Kier alpha value is -1.85. The highest BCUT2D eigenvalue weighted by molar-refractivity contribution is 5.59. The standard InChI is InChI=1S/C13H20N4O2/c1-8-3-4-10(7-9(8)2)15-13-11(17(18)19)5-6-12(14)16-13/h5-6,8-10H,3-4,7H2,1-2H3,(H3,14,15,16). The highest BCUT2D eigenvalue weighted by Crippen LogP contribution is 2.32. The summed E-state index contributed by atoms with van der Waals surface area (Å²) in [5.74, 6) is 1.91. The lowest BCUT2D eigenvalue weighted by Crippen LogP contribution is -2.30. The molecule has 1 saturated carbocycles. The second-order valence-electron chi connectivity index (χ2n) is 5.47. The number of rotatable bonds is 3. The first-order valence-corrected chi connectivity index (χ1v) is 6.65. The normalized spacial score (nSPS) is 26.9. The van der Waals surface area contributed by atoms with Crippen LogP contribution in [0.4, 0.5) is 17.3 Å². The van der Waals surface area contributed by atoms with Crippen LogP contribution in [0.1, 0.15) is 33.1 Å². The van der Waals surface area contributed by atoms with Crippen LogP contribution in [-0.4, -0.2) is 15.9 Å². The van der Waals surface area contributed by atoms with Gasteiger partial charge in [0.2, 0.25) is 5.82 Å². The Morgan fingerprint density at radius 3 is 2.74 bits per heavy atom. The van der Waals surface area contributed by atoms with Crippen molar-refractivity contribution in [3.8, 4) is 0 Å². The summed E-state index contributed by atoms with van der Waals surface area (Å²) in [4.78, 5) is 14.6. The van der Waals surface area contributed by atoms with Crippen LogP contribution in [0, 0.1) is 22.0 Å². The molecule has 0 radical (unpaired) electrons. The molecule has 3 N–H and O–H groups in total. The average Bonchev–Trinajstić information content (AvgIpc) is 2.33. The number of nitrogens with zero attached hydrogens (tertiary/aromatic N) is 2. The number of aromatic nitrogens is 1. The molecule has 0 aromatic carbocycles. The smallest absolute Gasteiger partial charge is 0.311 e. The highest BCUT2D eigenvalue weighted by atomic mass is 16.6. The zero-order valence-electron chi connectivity index (χ0n) is 11.3. The van der Waals surface area contributed by atoms with Crippen molar-refractivity contribution in [2.75, 3.05) is 11.1 Å². The zero-order chi connectivity index (χ0) is 14.0. The summed E-state index contributed by atoms with van der Waals surface area (Å²) in [6.45, 7) is 4.47. The second-order valence-corrected chi connectivity index (χ2v) is 5.47. The summed E-state index contributed by atoms with van der Waals surface area (Å²) in [5, 5.41) is 14.2. The maximum absolute atomic E-state index is 11.0. The average molecular weight is 264 g/mol. The van der Waals surface area contributed by atoms with Gasteiger partial charge < -0.3 is 11.1 Å². The molecule has 6 heteroatoms. The van der Waals surface area contributed by atoms with E-state index >= 15 is 0 Å². The molecule has 0 bridgehead atoms. The number of anilines is 2. The second kappa shape index (κ2) is 5.42. The van der Waals surface area contributed by atoms with E-state index in [4.69, 9.17) is 5.73 Å². The minimum absolute atomic E-state index is 0.0134. The SMILES string of the molecule is CC1CCC(Nc2nc(N)ccc2[N+](=O)[O-])CC1C. The molecule has 0 aliphatic heterocycles. The summed E-state index contributed by atoms with van der Waals surface area (Å²) < 4.78 is 0. The number of nitrogen functional groups attached to an aromatic ring is 1. The molecule has 0 spiro atoms. The van der Waals surface area contributed by atoms with Gasteiger partial charge in [0, 0.05) is 12.1 Å². The van der Waals surface area contributed by atoms with Crippen molar-refractivity contribution in [3.63, 3.8) is 0 Å². The van der Waals surface area contributed by atoms with E-state index in [1.165, 1.54) is 12.1 Å². The molecule has 2 rings (SSSR count). The predicted octanol–water partition coefficient (Wildman–Crippen LogP) is 2.81. The van der Waals surface area contributed by atoms with Gasteiger partial charge in [0.1, 0.15) is 5.82 Å². The van der Waals surface area contributed by atoms with Crippen LogP contribution >= 0.6 is 0 Å². The third-order valence-electron chi connectivity index (χ3n) is 4.03. The molecule has 0 amide bonds. The largest absolute Gasteiger partial charge is 0.384 e. The summed E-state index contributed by atoms with van der Waals surface area (Å²) in [6.07, 6.45) is 3.16. The fraction of sp³-hybridized carbons (Fsp3) is 0.615. The Morgan fingerprint density at radius 2 is 2.11 bits per heavy atom. The molecule has 19 heavy (non-hydrogen) atoms. The summed E-state index contributed by atoms with van der Waals surface area (Å²) in [6, 6.07) is 3.09. The van der Waals surface area contributed by atoms with E-state index < -0.39 is 4.92 Å². The van der Waals surface area contributed by atoms with Crippen LogP contribution < -0.4 is 11.1 Å². The summed E-state index contributed by atoms with van der Waals surface area (Å²) in [5.41, 5.74) is 5.59. The fourth-order valence-electron chi connectivity index (χ4n) is 2.59. The van der Waals surface area contributed by atoms with E-state index in [1.54, 1.807) is 0 Å². The molecule has 3 atom stereocenters. The maximum atomic E-state index is 11.0. The predicted molar refractivity (Wildman–Crippen MR) is 74.9 cm³/mol.